The van der Waals surface area contributed by atoms with Crippen LogP contribution in [-0.2, 0) is 21.1 Å². The van der Waals surface area contributed by atoms with Gasteiger partial charge in [0.25, 0.3) is 0 Å². The second-order valence-corrected chi connectivity index (χ2v) is 9.54. The van der Waals surface area contributed by atoms with Gasteiger partial charge in [-0.05, 0) is 30.2 Å². The van der Waals surface area contributed by atoms with Gasteiger partial charge < -0.3 is 9.72 Å². The maximum absolute atomic E-state index is 11.7. The predicted molar refractivity (Wildman–Crippen MR) is 112 cm³/mol. The molecular weight excluding hydrogens is 386 g/mol. The third kappa shape index (κ3) is 4.58. The van der Waals surface area contributed by atoms with E-state index in [1.165, 1.54) is 11.8 Å². The number of ether oxygens (including phenoxy) is 1. The average molecular weight is 412 g/mol. The van der Waals surface area contributed by atoms with Crippen LogP contribution in [0.15, 0.2) is 59.6 Å². The molecule has 1 fully saturated rings. The Morgan fingerprint density at radius 3 is 2.55 bits per heavy atom. The lowest BCUT2D eigenvalue weighted by molar-refractivity contribution is -0.0156. The highest BCUT2D eigenvalue weighted by Crippen LogP contribution is 2.27. The molecule has 0 aliphatic carbocycles. The molecule has 2 aromatic carbocycles. The molecule has 29 heavy (non-hydrogen) atoms. The number of aromatic amines is 1. The smallest absolute Gasteiger partial charge is 0.175 e. The molecule has 0 spiro atoms. The molecule has 1 aliphatic rings. The number of hydrogen-bond acceptors (Lipinski definition) is 5. The molecule has 0 radical (unpaired) electrons. The molecule has 1 N–H and O–H groups in total. The Balaban J connectivity index is 1.53. The number of imidazole rings is 1. The van der Waals surface area contributed by atoms with Crippen LogP contribution >= 0.6 is 0 Å². The number of nitrogens with zero attached hydrogens (tertiary/aromatic N) is 2. The molecule has 2 heterocycles. The summed E-state index contributed by atoms with van der Waals surface area (Å²) in [4.78, 5) is 10.7. The third-order valence-electron chi connectivity index (χ3n) is 5.25. The van der Waals surface area contributed by atoms with Crippen molar-refractivity contribution in [2.45, 2.75) is 24.4 Å². The second kappa shape index (κ2) is 8.10. The number of H-pyrrole nitrogens is 1. The van der Waals surface area contributed by atoms with Crippen LogP contribution in [0, 0.1) is 6.92 Å². The Labute approximate surface area is 171 Å². The zero-order valence-electron chi connectivity index (χ0n) is 16.6. The van der Waals surface area contributed by atoms with Crippen LogP contribution in [0.3, 0.4) is 0 Å². The normalized spacial score (nSPS) is 18.1. The number of benzene rings is 2. The molecule has 1 atom stereocenters. The third-order valence-corrected chi connectivity index (χ3v) is 6.38. The van der Waals surface area contributed by atoms with Crippen LogP contribution in [0.2, 0.25) is 0 Å². The van der Waals surface area contributed by atoms with Gasteiger partial charge in [0.15, 0.2) is 9.84 Å². The quantitative estimate of drug-likeness (QED) is 0.697. The number of morpholine rings is 1. The molecule has 152 valence electrons. The van der Waals surface area contributed by atoms with Crippen LogP contribution in [0.5, 0.6) is 0 Å². The van der Waals surface area contributed by atoms with E-state index < -0.39 is 9.84 Å². The van der Waals surface area contributed by atoms with Crippen molar-refractivity contribution in [3.8, 4) is 11.3 Å². The fourth-order valence-corrected chi connectivity index (χ4v) is 4.17. The first-order chi connectivity index (χ1) is 13.9. The van der Waals surface area contributed by atoms with Gasteiger partial charge in [0.2, 0.25) is 0 Å². The molecule has 0 bridgehead atoms. The second-order valence-electron chi connectivity index (χ2n) is 7.53. The van der Waals surface area contributed by atoms with Crippen LogP contribution in [0.25, 0.3) is 11.3 Å². The lowest BCUT2D eigenvalue weighted by Gasteiger charge is -2.34. The highest BCUT2D eigenvalue weighted by Gasteiger charge is 2.27. The van der Waals surface area contributed by atoms with Crippen LogP contribution in [-0.4, -0.2) is 49.3 Å². The lowest BCUT2D eigenvalue weighted by atomic mass is 10.1. The van der Waals surface area contributed by atoms with Crippen LogP contribution in [0.1, 0.15) is 23.0 Å². The number of sulfone groups is 1. The van der Waals surface area contributed by atoms with E-state index in [1.807, 2.05) is 18.3 Å². The minimum absolute atomic E-state index is 0.0255. The molecular formula is C22H25N3O3S. The molecule has 0 saturated carbocycles. The maximum Gasteiger partial charge on any atom is 0.175 e. The fourth-order valence-electron chi connectivity index (χ4n) is 3.54. The molecule has 1 aliphatic heterocycles. The summed E-state index contributed by atoms with van der Waals surface area (Å²) in [5.41, 5.74) is 4.38. The van der Waals surface area contributed by atoms with E-state index in [9.17, 15) is 8.42 Å². The average Bonchev–Trinajstić information content (AvgIpc) is 3.19. The SMILES string of the molecule is Cc1ccc(-c2cnc([C@@H]3COCCN3Cc3ccc(S(C)(=O)=O)cc3)[nH]2)cc1. The van der Waals surface area contributed by atoms with Crippen molar-refractivity contribution in [2.75, 3.05) is 26.0 Å². The standard InChI is InChI=1S/C22H25N3O3S/c1-16-3-7-18(8-4-16)20-13-23-22(24-20)21-15-28-12-11-25(21)14-17-5-9-19(10-6-17)29(2,26)27/h3-10,13,21H,11-12,14-15H2,1-2H3,(H,23,24)/t21-/m0/s1. The molecule has 6 nitrogen and oxygen atoms in total. The number of nitrogens with one attached hydrogen (secondary N) is 1. The van der Waals surface area contributed by atoms with Crippen molar-refractivity contribution in [1.82, 2.24) is 14.9 Å². The van der Waals surface area contributed by atoms with Gasteiger partial charge in [-0.2, -0.15) is 0 Å². The van der Waals surface area contributed by atoms with Crippen LogP contribution in [0.4, 0.5) is 0 Å². The Bertz CT molecular complexity index is 1070. The van der Waals surface area contributed by atoms with Gasteiger partial charge in [-0.3, -0.25) is 4.90 Å². The summed E-state index contributed by atoms with van der Waals surface area (Å²) in [5, 5.41) is 0. The van der Waals surface area contributed by atoms with Crippen LogP contribution < -0.4 is 0 Å². The first-order valence-electron chi connectivity index (χ1n) is 9.63. The summed E-state index contributed by atoms with van der Waals surface area (Å²) < 4.78 is 29.1. The zero-order chi connectivity index (χ0) is 20.4. The van der Waals surface area contributed by atoms with Crippen molar-refractivity contribution >= 4 is 9.84 Å². The largest absolute Gasteiger partial charge is 0.378 e. The summed E-state index contributed by atoms with van der Waals surface area (Å²) in [6.45, 7) is 4.81. The van der Waals surface area contributed by atoms with Gasteiger partial charge in [0.05, 0.1) is 36.0 Å². The van der Waals surface area contributed by atoms with E-state index in [1.54, 1.807) is 12.1 Å². The monoisotopic (exact) mass is 411 g/mol. The van der Waals surface area contributed by atoms with Gasteiger partial charge >= 0.3 is 0 Å². The number of rotatable bonds is 5. The number of hydrogen-bond donors (Lipinski definition) is 1. The highest BCUT2D eigenvalue weighted by molar-refractivity contribution is 7.90. The summed E-state index contributed by atoms with van der Waals surface area (Å²) in [5.74, 6) is 0.882. The van der Waals surface area contributed by atoms with Crippen molar-refractivity contribution in [1.29, 1.82) is 0 Å². The molecule has 1 aromatic heterocycles. The van der Waals surface area contributed by atoms with Gasteiger partial charge in [-0.25, -0.2) is 13.4 Å². The van der Waals surface area contributed by atoms with E-state index in [-0.39, 0.29) is 6.04 Å². The number of aromatic nitrogens is 2. The number of aryl methyl sites for hydroxylation is 1. The molecule has 3 aromatic rings. The summed E-state index contributed by atoms with van der Waals surface area (Å²) in [6.07, 6.45) is 3.09. The minimum atomic E-state index is -3.18. The highest BCUT2D eigenvalue weighted by atomic mass is 32.2. The Morgan fingerprint density at radius 1 is 1.14 bits per heavy atom. The topological polar surface area (TPSA) is 75.3 Å². The molecule has 0 unspecified atom stereocenters. The molecule has 7 heteroatoms. The predicted octanol–water partition coefficient (Wildman–Crippen LogP) is 3.36. The Hall–Kier alpha value is -2.48. The summed E-state index contributed by atoms with van der Waals surface area (Å²) in [6, 6.07) is 15.5. The fraction of sp³-hybridized carbons (Fsp3) is 0.318. The first-order valence-corrected chi connectivity index (χ1v) is 11.5. The maximum atomic E-state index is 11.7. The van der Waals surface area contributed by atoms with E-state index >= 15 is 0 Å². The Morgan fingerprint density at radius 2 is 1.86 bits per heavy atom. The van der Waals surface area contributed by atoms with Gasteiger partial charge in [0, 0.05) is 19.3 Å². The zero-order valence-corrected chi connectivity index (χ0v) is 17.4. The van der Waals surface area contributed by atoms with Gasteiger partial charge in [-0.1, -0.05) is 42.0 Å². The lowest BCUT2D eigenvalue weighted by Crippen LogP contribution is -2.39. The van der Waals surface area contributed by atoms with Crippen molar-refractivity contribution in [3.05, 3.63) is 71.7 Å². The summed E-state index contributed by atoms with van der Waals surface area (Å²) in [7, 11) is -3.18. The Kier molecular flexibility index (Phi) is 5.54. The van der Waals surface area contributed by atoms with Gasteiger partial charge in [-0.15, -0.1) is 0 Å². The molecule has 1 saturated heterocycles. The van der Waals surface area contributed by atoms with Crippen molar-refractivity contribution in [2.24, 2.45) is 0 Å². The van der Waals surface area contributed by atoms with E-state index in [0.717, 1.165) is 29.2 Å². The van der Waals surface area contributed by atoms with E-state index in [0.29, 0.717) is 24.7 Å². The minimum Gasteiger partial charge on any atom is -0.378 e. The molecule has 4 rings (SSSR count). The van der Waals surface area contributed by atoms with Gasteiger partial charge in [0.1, 0.15) is 5.82 Å². The van der Waals surface area contributed by atoms with E-state index in [4.69, 9.17) is 4.74 Å². The van der Waals surface area contributed by atoms with Crippen molar-refractivity contribution < 1.29 is 13.2 Å². The summed E-state index contributed by atoms with van der Waals surface area (Å²) >= 11 is 0. The van der Waals surface area contributed by atoms with Crippen molar-refractivity contribution in [3.63, 3.8) is 0 Å². The van der Waals surface area contributed by atoms with E-state index in [2.05, 4.69) is 46.1 Å². The first kappa shape index (κ1) is 19.8. The molecule has 0 amide bonds.